The maximum absolute atomic E-state index is 13.9. The third-order valence-corrected chi connectivity index (χ3v) is 8.31. The summed E-state index contributed by atoms with van der Waals surface area (Å²) < 4.78 is 67.2. The van der Waals surface area contributed by atoms with Crippen molar-refractivity contribution in [3.8, 4) is 28.8 Å². The van der Waals surface area contributed by atoms with E-state index in [4.69, 9.17) is 18.6 Å². The number of ether oxygens (including phenoxy) is 3. The molecule has 1 aliphatic heterocycles. The topological polar surface area (TPSA) is 164 Å². The summed E-state index contributed by atoms with van der Waals surface area (Å²) in [6.07, 6.45) is 3.33. The van der Waals surface area contributed by atoms with Gasteiger partial charge in [0, 0.05) is 13.1 Å². The Morgan fingerprint density at radius 1 is 1.10 bits per heavy atom. The van der Waals surface area contributed by atoms with Gasteiger partial charge in [0.15, 0.2) is 11.6 Å². The molecule has 4 heterocycles. The first-order valence-corrected chi connectivity index (χ1v) is 14.4. The maximum atomic E-state index is 13.9. The summed E-state index contributed by atoms with van der Waals surface area (Å²) in [5, 5.41) is 7.18. The van der Waals surface area contributed by atoms with Crippen LogP contribution in [0.25, 0.3) is 17.3 Å². The van der Waals surface area contributed by atoms with E-state index in [-0.39, 0.29) is 43.8 Å². The Bertz CT molecular complexity index is 1620. The lowest BCUT2D eigenvalue weighted by Crippen LogP contribution is -2.50. The molecule has 42 heavy (non-hydrogen) atoms. The zero-order valence-corrected chi connectivity index (χ0v) is 23.7. The Morgan fingerprint density at radius 2 is 1.81 bits per heavy atom. The third kappa shape index (κ3) is 5.70. The van der Waals surface area contributed by atoms with Crippen molar-refractivity contribution in [3.05, 3.63) is 54.8 Å². The number of carbonyl (C=O) groups is 1. The number of rotatable bonds is 10. The molecule has 0 amide bonds. The number of furan rings is 1. The second kappa shape index (κ2) is 12.0. The van der Waals surface area contributed by atoms with Crippen molar-refractivity contribution in [2.45, 2.75) is 18.6 Å². The fraction of sp³-hybridized carbons (Fsp3) is 0.346. The number of hydrogen-bond donors (Lipinski definition) is 1. The van der Waals surface area contributed by atoms with Gasteiger partial charge in [0.2, 0.25) is 27.7 Å². The van der Waals surface area contributed by atoms with E-state index < -0.39 is 33.0 Å². The van der Waals surface area contributed by atoms with E-state index in [1.807, 2.05) is 0 Å². The van der Waals surface area contributed by atoms with Gasteiger partial charge in [-0.2, -0.15) is 0 Å². The van der Waals surface area contributed by atoms with E-state index in [1.165, 1.54) is 29.9 Å². The second-order valence-corrected chi connectivity index (χ2v) is 11.2. The highest BCUT2D eigenvalue weighted by atomic mass is 32.2. The van der Waals surface area contributed by atoms with Gasteiger partial charge in [0.25, 0.3) is 0 Å². The SMILES string of the molecule is CCOC(=O)[C@@H]1C[C@H](S(=O)(=O)Nc2nnc(-c3ccco3)n2-c2c(OC)cccc2OC)CN(c2ncc(F)cn2)C1. The number of hydrogen-bond acceptors (Lipinski definition) is 12. The van der Waals surface area contributed by atoms with Crippen LogP contribution >= 0.6 is 0 Å². The zero-order valence-electron chi connectivity index (χ0n) is 22.9. The number of nitrogens with one attached hydrogen (secondary N) is 1. The minimum Gasteiger partial charge on any atom is -0.494 e. The molecule has 16 heteroatoms. The minimum atomic E-state index is -4.26. The molecule has 0 spiro atoms. The van der Waals surface area contributed by atoms with Crippen molar-refractivity contribution >= 4 is 27.9 Å². The summed E-state index contributed by atoms with van der Waals surface area (Å²) in [5.41, 5.74) is 0.325. The van der Waals surface area contributed by atoms with Crippen molar-refractivity contribution in [2.24, 2.45) is 5.92 Å². The number of para-hydroxylation sites is 1. The third-order valence-electron chi connectivity index (χ3n) is 6.62. The van der Waals surface area contributed by atoms with Gasteiger partial charge in [-0.1, -0.05) is 6.07 Å². The molecule has 4 aromatic rings. The highest BCUT2D eigenvalue weighted by molar-refractivity contribution is 7.93. The average molecular weight is 602 g/mol. The van der Waals surface area contributed by atoms with Crippen LogP contribution in [0.5, 0.6) is 11.5 Å². The monoisotopic (exact) mass is 601 g/mol. The van der Waals surface area contributed by atoms with Crippen LogP contribution in [0.1, 0.15) is 13.3 Å². The number of methoxy groups -OCH3 is 2. The number of sulfonamides is 1. The first kappa shape index (κ1) is 28.8. The Balaban J connectivity index is 1.55. The van der Waals surface area contributed by atoms with E-state index in [2.05, 4.69) is 24.9 Å². The van der Waals surface area contributed by atoms with E-state index in [0.29, 0.717) is 22.9 Å². The molecule has 5 rings (SSSR count). The van der Waals surface area contributed by atoms with Gasteiger partial charge in [0.1, 0.15) is 17.2 Å². The van der Waals surface area contributed by atoms with Gasteiger partial charge in [-0.05, 0) is 37.6 Å². The molecule has 0 radical (unpaired) electrons. The first-order chi connectivity index (χ1) is 20.2. The number of anilines is 2. The number of nitrogens with zero attached hydrogens (tertiary/aromatic N) is 6. The largest absolute Gasteiger partial charge is 0.494 e. The molecule has 0 aliphatic carbocycles. The fourth-order valence-electron chi connectivity index (χ4n) is 4.73. The summed E-state index contributed by atoms with van der Waals surface area (Å²) in [6, 6.07) is 8.36. The number of benzene rings is 1. The smallest absolute Gasteiger partial charge is 0.310 e. The molecular weight excluding hydrogens is 573 g/mol. The molecule has 222 valence electrons. The lowest BCUT2D eigenvalue weighted by molar-refractivity contribution is -0.148. The van der Waals surface area contributed by atoms with Gasteiger partial charge in [-0.3, -0.25) is 14.1 Å². The van der Waals surface area contributed by atoms with Crippen molar-refractivity contribution in [1.29, 1.82) is 0 Å². The van der Waals surface area contributed by atoms with Crippen molar-refractivity contribution < 1.29 is 36.2 Å². The second-order valence-electron chi connectivity index (χ2n) is 9.23. The van der Waals surface area contributed by atoms with E-state index in [1.54, 1.807) is 37.3 Å². The number of aromatic nitrogens is 5. The fourth-order valence-corrected chi connectivity index (χ4v) is 6.15. The molecule has 1 fully saturated rings. The molecule has 2 atom stereocenters. The van der Waals surface area contributed by atoms with Crippen molar-refractivity contribution in [2.75, 3.05) is 43.5 Å². The number of esters is 1. The summed E-state index contributed by atoms with van der Waals surface area (Å²) in [7, 11) is -1.33. The normalized spacial score (nSPS) is 17.1. The van der Waals surface area contributed by atoms with Crippen LogP contribution in [0.4, 0.5) is 16.3 Å². The highest BCUT2D eigenvalue weighted by Gasteiger charge is 2.41. The van der Waals surface area contributed by atoms with Crippen molar-refractivity contribution in [3.63, 3.8) is 0 Å². The van der Waals surface area contributed by atoms with Gasteiger partial charge in [0.05, 0.1) is 50.7 Å². The highest BCUT2D eigenvalue weighted by Crippen LogP contribution is 2.38. The molecule has 1 N–H and O–H groups in total. The lowest BCUT2D eigenvalue weighted by Gasteiger charge is -2.36. The number of piperidine rings is 1. The van der Waals surface area contributed by atoms with E-state index in [0.717, 1.165) is 12.4 Å². The van der Waals surface area contributed by atoms with Crippen LogP contribution in [0.15, 0.2) is 53.4 Å². The molecule has 1 aliphatic rings. The Morgan fingerprint density at radius 3 is 2.43 bits per heavy atom. The van der Waals surface area contributed by atoms with E-state index >= 15 is 0 Å². The molecule has 3 aromatic heterocycles. The predicted molar refractivity (Wildman–Crippen MR) is 147 cm³/mol. The standard InChI is InChI=1S/C26H28FN7O7S/c1-4-40-24(35)16-11-18(15-33(14-16)25-28-12-17(27)13-29-25)42(36,37)32-26-31-30-23(21-9-6-10-41-21)34(26)22-19(38-2)7-5-8-20(22)39-3/h5-10,12-13,16,18H,4,11,14-15H2,1-3H3,(H,31,32)/t16-,18+/m1/s1. The molecule has 0 unspecified atom stereocenters. The first-order valence-electron chi connectivity index (χ1n) is 12.9. The molecule has 0 saturated carbocycles. The van der Waals surface area contributed by atoms with Crippen LogP contribution < -0.4 is 19.1 Å². The van der Waals surface area contributed by atoms with Crippen LogP contribution in [0.2, 0.25) is 0 Å². The summed E-state index contributed by atoms with van der Waals surface area (Å²) in [6.45, 7) is 1.78. The van der Waals surface area contributed by atoms with Crippen LogP contribution in [0.3, 0.4) is 0 Å². The van der Waals surface area contributed by atoms with Gasteiger partial charge >= 0.3 is 5.97 Å². The molecular formula is C26H28FN7O7S. The van der Waals surface area contributed by atoms with E-state index in [9.17, 15) is 17.6 Å². The van der Waals surface area contributed by atoms with Gasteiger partial charge in [-0.25, -0.2) is 22.8 Å². The number of carbonyl (C=O) groups excluding carboxylic acids is 1. The minimum absolute atomic E-state index is 0.0526. The average Bonchev–Trinajstić information content (AvgIpc) is 3.67. The number of halogens is 1. The molecule has 1 aromatic carbocycles. The predicted octanol–water partition coefficient (Wildman–Crippen LogP) is 2.67. The van der Waals surface area contributed by atoms with Gasteiger partial charge < -0.3 is 23.5 Å². The van der Waals surface area contributed by atoms with Crippen LogP contribution in [0, 0.1) is 11.7 Å². The molecule has 0 bridgehead atoms. The Kier molecular flexibility index (Phi) is 8.24. The maximum Gasteiger partial charge on any atom is 0.310 e. The lowest BCUT2D eigenvalue weighted by atomic mass is 9.98. The van der Waals surface area contributed by atoms with Crippen LogP contribution in [-0.2, 0) is 19.6 Å². The Labute approximate surface area is 240 Å². The van der Waals surface area contributed by atoms with Gasteiger partial charge in [-0.15, -0.1) is 10.2 Å². The summed E-state index contributed by atoms with van der Waals surface area (Å²) in [4.78, 5) is 22.2. The van der Waals surface area contributed by atoms with Crippen LogP contribution in [-0.4, -0.2) is 78.3 Å². The summed E-state index contributed by atoms with van der Waals surface area (Å²) >= 11 is 0. The Hall–Kier alpha value is -4.73. The quantitative estimate of drug-likeness (QED) is 0.265. The summed E-state index contributed by atoms with van der Waals surface area (Å²) in [5.74, 6) is -0.951. The zero-order chi connectivity index (χ0) is 29.9. The molecule has 14 nitrogen and oxygen atoms in total. The van der Waals surface area contributed by atoms with Crippen molar-refractivity contribution in [1.82, 2.24) is 24.7 Å². The molecule has 1 saturated heterocycles.